The third-order valence-electron chi connectivity index (χ3n) is 2.59. The fourth-order valence-electron chi connectivity index (χ4n) is 1.56. The number of hydrogen-bond acceptors (Lipinski definition) is 2. The molecular weight excluding hydrogens is 341 g/mol. The summed E-state index contributed by atoms with van der Waals surface area (Å²) in [6.07, 6.45) is 0. The van der Waals surface area contributed by atoms with Gasteiger partial charge in [-0.25, -0.2) is 0 Å². The van der Waals surface area contributed by atoms with Crippen LogP contribution in [0.5, 0.6) is 11.5 Å². The Morgan fingerprint density at radius 2 is 1.00 bits per heavy atom. The second kappa shape index (κ2) is 9.43. The van der Waals surface area contributed by atoms with Gasteiger partial charge in [-0.2, -0.15) is 11.4 Å². The Kier molecular flexibility index (Phi) is 8.75. The molecule has 0 saturated heterocycles. The molecule has 21 heavy (non-hydrogen) atoms. The molecule has 0 unspecified atom stereocenters. The number of rotatable bonds is 2. The largest absolute Gasteiger partial charge is 0.807 e. The number of para-hydroxylation sites is 2. The monoisotopic (exact) mass is 357 g/mol. The Morgan fingerprint density at radius 3 is 1.19 bits per heavy atom. The van der Waals surface area contributed by atoms with Crippen LogP contribution in [0.1, 0.15) is 25.0 Å². The Morgan fingerprint density at radius 1 is 0.714 bits per heavy atom. The predicted molar refractivity (Wildman–Crippen MR) is 82.5 cm³/mol. The normalized spacial score (nSPS) is 8.86. The summed E-state index contributed by atoms with van der Waals surface area (Å²) < 4.78 is 0. The van der Waals surface area contributed by atoms with E-state index in [9.17, 15) is 0 Å². The maximum absolute atomic E-state index is 9.10. The number of nitrogens with zero attached hydrogens (tertiary/aromatic N) is 2. The molecule has 0 fully saturated rings. The fraction of sp³-hybridized carbons (Fsp3) is 0.125. The molecule has 107 valence electrons. The van der Waals surface area contributed by atoms with Crippen LogP contribution < -0.4 is 0 Å². The predicted octanol–water partition coefficient (Wildman–Crippen LogP) is 3.54. The molecule has 0 spiro atoms. The van der Waals surface area contributed by atoms with E-state index in [2.05, 4.69) is 0 Å². The third kappa shape index (κ3) is 6.19. The standard InChI is InChI=1S/2C8H8NO.Y/c2*1-6(9)7-4-2-3-5-8(7)10;/h2*2-5,10H,1H3;/q2*-1;. The molecule has 2 N–H and O–H groups in total. The van der Waals surface area contributed by atoms with Crippen molar-refractivity contribution in [2.75, 3.05) is 0 Å². The molecule has 0 amide bonds. The summed E-state index contributed by atoms with van der Waals surface area (Å²) >= 11 is 0. The first-order valence-electron chi connectivity index (χ1n) is 6.05. The molecule has 0 saturated carbocycles. The van der Waals surface area contributed by atoms with Crippen LogP contribution in [0.2, 0.25) is 0 Å². The van der Waals surface area contributed by atoms with Crippen molar-refractivity contribution in [1.29, 1.82) is 0 Å². The van der Waals surface area contributed by atoms with Gasteiger partial charge in [0.15, 0.2) is 0 Å². The average molecular weight is 357 g/mol. The van der Waals surface area contributed by atoms with E-state index in [-0.39, 0.29) is 55.6 Å². The number of hydrogen-bond donors (Lipinski definition) is 2. The van der Waals surface area contributed by atoms with Gasteiger partial charge >= 0.3 is 0 Å². The number of benzene rings is 2. The Balaban J connectivity index is 0.000000364. The van der Waals surface area contributed by atoms with Crippen LogP contribution in [0.25, 0.3) is 10.8 Å². The Labute approximate surface area is 149 Å². The van der Waals surface area contributed by atoms with Crippen molar-refractivity contribution in [2.45, 2.75) is 13.8 Å². The van der Waals surface area contributed by atoms with E-state index in [1.54, 1.807) is 36.4 Å². The van der Waals surface area contributed by atoms with Gasteiger partial charge in [0.2, 0.25) is 0 Å². The number of phenols is 2. The molecule has 2 aromatic carbocycles. The average Bonchev–Trinajstić information content (AvgIpc) is 2.40. The molecule has 2 aromatic rings. The Hall–Kier alpha value is -1.52. The van der Waals surface area contributed by atoms with Gasteiger partial charge in [0.05, 0.1) is 0 Å². The van der Waals surface area contributed by atoms with Gasteiger partial charge < -0.3 is 21.0 Å². The van der Waals surface area contributed by atoms with E-state index >= 15 is 0 Å². The first-order chi connectivity index (χ1) is 9.43. The molecule has 1 radical (unpaired) electrons. The van der Waals surface area contributed by atoms with E-state index in [1.165, 1.54) is 26.0 Å². The van der Waals surface area contributed by atoms with E-state index in [0.29, 0.717) is 11.1 Å². The van der Waals surface area contributed by atoms with Gasteiger partial charge in [0, 0.05) is 32.7 Å². The maximum Gasteiger partial charge on any atom is 0.121 e. The summed E-state index contributed by atoms with van der Waals surface area (Å²) in [6, 6.07) is 13.3. The van der Waals surface area contributed by atoms with Crippen molar-refractivity contribution in [1.82, 2.24) is 0 Å². The van der Waals surface area contributed by atoms with Gasteiger partial charge in [-0.05, 0) is 23.3 Å². The quantitative estimate of drug-likeness (QED) is 0.806. The van der Waals surface area contributed by atoms with Gasteiger partial charge in [-0.1, -0.05) is 50.2 Å². The van der Waals surface area contributed by atoms with Crippen molar-refractivity contribution in [3.05, 3.63) is 70.5 Å². The van der Waals surface area contributed by atoms with E-state index < -0.39 is 0 Å². The molecule has 0 heterocycles. The van der Waals surface area contributed by atoms with Gasteiger partial charge in [-0.15, -0.1) is 0 Å². The summed E-state index contributed by atoms with van der Waals surface area (Å²) in [4.78, 5) is 0. The van der Waals surface area contributed by atoms with Gasteiger partial charge in [-0.3, -0.25) is 0 Å². The fourth-order valence-corrected chi connectivity index (χ4v) is 1.56. The topological polar surface area (TPSA) is 85.1 Å². The molecule has 5 heteroatoms. The summed E-state index contributed by atoms with van der Waals surface area (Å²) in [7, 11) is 0. The zero-order chi connectivity index (χ0) is 15.1. The van der Waals surface area contributed by atoms with Crippen LogP contribution in [0.15, 0.2) is 48.5 Å². The Bertz CT molecular complexity index is 572. The first kappa shape index (κ1) is 19.5. The number of phenolic OH excluding ortho intramolecular Hbond substituents is 2. The van der Waals surface area contributed by atoms with Crippen molar-refractivity contribution in [3.8, 4) is 11.5 Å². The van der Waals surface area contributed by atoms with Crippen molar-refractivity contribution in [3.63, 3.8) is 0 Å². The minimum absolute atomic E-state index is 0. The SMILES string of the molecule is CC(=[N-])c1ccccc1O.CC(=[N-])c1ccccc1O.[Y]. The van der Waals surface area contributed by atoms with Crippen molar-refractivity contribution >= 4 is 11.4 Å². The smallest absolute Gasteiger partial charge is 0.121 e. The van der Waals surface area contributed by atoms with Crippen LogP contribution >= 0.6 is 0 Å². The van der Waals surface area contributed by atoms with E-state index in [4.69, 9.17) is 21.0 Å². The molecule has 4 nitrogen and oxygen atoms in total. The number of aromatic hydroxyl groups is 2. The van der Waals surface area contributed by atoms with Crippen LogP contribution in [-0.2, 0) is 32.7 Å². The van der Waals surface area contributed by atoms with E-state index in [0.717, 1.165) is 0 Å². The van der Waals surface area contributed by atoms with Crippen LogP contribution in [-0.4, -0.2) is 21.6 Å². The molecule has 0 atom stereocenters. The van der Waals surface area contributed by atoms with Gasteiger partial charge in [0.25, 0.3) is 0 Å². The molecule has 0 aliphatic rings. The molecular formula is C16H16N2O2Y-2. The minimum atomic E-state index is 0. The van der Waals surface area contributed by atoms with Crippen molar-refractivity contribution < 1.29 is 42.9 Å². The minimum Gasteiger partial charge on any atom is -0.807 e. The van der Waals surface area contributed by atoms with Crippen molar-refractivity contribution in [2.24, 2.45) is 0 Å². The zero-order valence-electron chi connectivity index (χ0n) is 12.0. The molecule has 0 bridgehead atoms. The second-order valence-corrected chi connectivity index (χ2v) is 4.21. The van der Waals surface area contributed by atoms with Crippen LogP contribution in [0, 0.1) is 0 Å². The summed E-state index contributed by atoms with van der Waals surface area (Å²) in [5.74, 6) is 0.227. The van der Waals surface area contributed by atoms with E-state index in [1.807, 2.05) is 0 Å². The van der Waals surface area contributed by atoms with Crippen LogP contribution in [0.4, 0.5) is 0 Å². The summed E-state index contributed by atoms with van der Waals surface area (Å²) in [5, 5.41) is 36.1. The summed E-state index contributed by atoms with van der Waals surface area (Å²) in [5.41, 5.74) is 1.25. The zero-order valence-corrected chi connectivity index (χ0v) is 14.8. The first-order valence-corrected chi connectivity index (χ1v) is 6.05. The molecule has 0 aliphatic carbocycles. The third-order valence-corrected chi connectivity index (χ3v) is 2.59. The van der Waals surface area contributed by atoms with Gasteiger partial charge in [0.1, 0.15) is 11.5 Å². The van der Waals surface area contributed by atoms with Crippen LogP contribution in [0.3, 0.4) is 0 Å². The molecule has 2 rings (SSSR count). The molecule has 0 aliphatic heterocycles. The summed E-state index contributed by atoms with van der Waals surface area (Å²) in [6.45, 7) is 3.07. The second-order valence-electron chi connectivity index (χ2n) is 4.21. The maximum atomic E-state index is 9.10. The molecule has 0 aromatic heterocycles.